The van der Waals surface area contributed by atoms with Gasteiger partial charge in [-0.15, -0.1) is 0 Å². The Balaban J connectivity index is 3.86. The Labute approximate surface area is 82.3 Å². The van der Waals surface area contributed by atoms with Gasteiger partial charge in [-0.25, -0.2) is 0 Å². The summed E-state index contributed by atoms with van der Waals surface area (Å²) < 4.78 is 0. The molecule has 0 radical (unpaired) electrons. The Morgan fingerprint density at radius 3 is 2.38 bits per heavy atom. The van der Waals surface area contributed by atoms with E-state index in [2.05, 4.69) is 25.8 Å². The summed E-state index contributed by atoms with van der Waals surface area (Å²) in [7, 11) is 2.09. The predicted molar refractivity (Wildman–Crippen MR) is 56.9 cm³/mol. The van der Waals surface area contributed by atoms with Crippen molar-refractivity contribution in [2.24, 2.45) is 5.41 Å². The number of hydrogen-bond donors (Lipinski definition) is 0. The average molecular weight is 185 g/mol. The standard InChI is InChI=1S/C11H23NO/c1-5-7-8-12(4)9-11(3,6-2)10-13/h10H,5-9H2,1-4H3. The Bertz CT molecular complexity index is 147. The predicted octanol–water partition coefficient (Wildman–Crippen LogP) is 2.33. The van der Waals surface area contributed by atoms with E-state index in [1.165, 1.54) is 12.8 Å². The number of aldehydes is 1. The van der Waals surface area contributed by atoms with Gasteiger partial charge < -0.3 is 9.69 Å². The molecule has 2 heteroatoms. The van der Waals surface area contributed by atoms with E-state index < -0.39 is 0 Å². The van der Waals surface area contributed by atoms with E-state index in [1.54, 1.807) is 0 Å². The summed E-state index contributed by atoms with van der Waals surface area (Å²) in [5, 5.41) is 0. The molecule has 0 N–H and O–H groups in total. The summed E-state index contributed by atoms with van der Waals surface area (Å²) in [6.45, 7) is 8.27. The first-order chi connectivity index (χ1) is 6.08. The van der Waals surface area contributed by atoms with E-state index in [-0.39, 0.29) is 5.41 Å². The lowest BCUT2D eigenvalue weighted by molar-refractivity contribution is -0.116. The topological polar surface area (TPSA) is 20.3 Å². The van der Waals surface area contributed by atoms with Gasteiger partial charge in [0.1, 0.15) is 6.29 Å². The summed E-state index contributed by atoms with van der Waals surface area (Å²) in [4.78, 5) is 13.1. The van der Waals surface area contributed by atoms with Crippen molar-refractivity contribution < 1.29 is 4.79 Å². The molecule has 0 aliphatic rings. The third-order valence-corrected chi connectivity index (χ3v) is 2.62. The Morgan fingerprint density at radius 1 is 1.38 bits per heavy atom. The van der Waals surface area contributed by atoms with Crippen LogP contribution >= 0.6 is 0 Å². The molecule has 78 valence electrons. The highest BCUT2D eigenvalue weighted by Crippen LogP contribution is 2.18. The summed E-state index contributed by atoms with van der Waals surface area (Å²) in [6.07, 6.45) is 4.45. The number of carbonyl (C=O) groups is 1. The molecule has 0 aromatic carbocycles. The van der Waals surface area contributed by atoms with Gasteiger partial charge in [-0.3, -0.25) is 0 Å². The fourth-order valence-corrected chi connectivity index (χ4v) is 1.36. The smallest absolute Gasteiger partial charge is 0.127 e. The molecular weight excluding hydrogens is 162 g/mol. The summed E-state index contributed by atoms with van der Waals surface area (Å²) in [6, 6.07) is 0. The van der Waals surface area contributed by atoms with Gasteiger partial charge >= 0.3 is 0 Å². The normalized spacial score (nSPS) is 15.8. The third kappa shape index (κ3) is 5.04. The fraction of sp³-hybridized carbons (Fsp3) is 0.909. The van der Waals surface area contributed by atoms with Gasteiger partial charge in [0.25, 0.3) is 0 Å². The minimum Gasteiger partial charge on any atom is -0.305 e. The van der Waals surface area contributed by atoms with E-state index in [0.29, 0.717) is 0 Å². The van der Waals surface area contributed by atoms with Crippen molar-refractivity contribution >= 4 is 6.29 Å². The van der Waals surface area contributed by atoms with Crippen LogP contribution < -0.4 is 0 Å². The van der Waals surface area contributed by atoms with Crippen LogP contribution in [0.1, 0.15) is 40.0 Å². The molecule has 0 rings (SSSR count). The highest BCUT2D eigenvalue weighted by atomic mass is 16.1. The maximum Gasteiger partial charge on any atom is 0.127 e. The number of carbonyl (C=O) groups excluding carboxylic acids is 1. The van der Waals surface area contributed by atoms with Crippen LogP contribution in [0, 0.1) is 5.41 Å². The molecule has 0 fully saturated rings. The van der Waals surface area contributed by atoms with Crippen LogP contribution in [0.5, 0.6) is 0 Å². The van der Waals surface area contributed by atoms with Crippen molar-refractivity contribution in [3.8, 4) is 0 Å². The van der Waals surface area contributed by atoms with Crippen molar-refractivity contribution in [2.75, 3.05) is 20.1 Å². The van der Waals surface area contributed by atoms with Gasteiger partial charge in [0, 0.05) is 12.0 Å². The van der Waals surface area contributed by atoms with Gasteiger partial charge in [-0.1, -0.05) is 27.2 Å². The van der Waals surface area contributed by atoms with Crippen molar-refractivity contribution in [2.45, 2.75) is 40.0 Å². The average Bonchev–Trinajstić information content (AvgIpc) is 2.14. The first-order valence-corrected chi connectivity index (χ1v) is 5.23. The Hall–Kier alpha value is -0.370. The van der Waals surface area contributed by atoms with Crippen LogP contribution in [0.4, 0.5) is 0 Å². The minimum atomic E-state index is -0.150. The van der Waals surface area contributed by atoms with Crippen molar-refractivity contribution in [3.63, 3.8) is 0 Å². The fourth-order valence-electron chi connectivity index (χ4n) is 1.36. The molecule has 0 saturated heterocycles. The lowest BCUT2D eigenvalue weighted by Gasteiger charge is -2.27. The maximum absolute atomic E-state index is 10.8. The number of nitrogens with zero attached hydrogens (tertiary/aromatic N) is 1. The van der Waals surface area contributed by atoms with Crippen LogP contribution in [0.25, 0.3) is 0 Å². The molecule has 2 nitrogen and oxygen atoms in total. The Morgan fingerprint density at radius 2 is 2.00 bits per heavy atom. The summed E-state index contributed by atoms with van der Waals surface area (Å²) >= 11 is 0. The quantitative estimate of drug-likeness (QED) is 0.567. The molecule has 13 heavy (non-hydrogen) atoms. The molecule has 0 amide bonds. The minimum absolute atomic E-state index is 0.150. The number of rotatable bonds is 7. The molecule has 0 heterocycles. The van der Waals surface area contributed by atoms with Gasteiger partial charge in [0.15, 0.2) is 0 Å². The zero-order chi connectivity index (χ0) is 10.3. The second-order valence-corrected chi connectivity index (χ2v) is 4.22. The largest absolute Gasteiger partial charge is 0.305 e. The second kappa shape index (κ2) is 6.14. The lowest BCUT2D eigenvalue weighted by Crippen LogP contribution is -2.34. The molecule has 0 saturated carbocycles. The second-order valence-electron chi connectivity index (χ2n) is 4.22. The van der Waals surface area contributed by atoms with Gasteiger partial charge in [-0.05, 0) is 26.4 Å². The van der Waals surface area contributed by atoms with Gasteiger partial charge in [0.2, 0.25) is 0 Å². The van der Waals surface area contributed by atoms with Crippen LogP contribution in [0.2, 0.25) is 0 Å². The van der Waals surface area contributed by atoms with Crippen molar-refractivity contribution in [3.05, 3.63) is 0 Å². The molecule has 0 aromatic rings. The first kappa shape index (κ1) is 12.6. The van der Waals surface area contributed by atoms with E-state index in [4.69, 9.17) is 0 Å². The summed E-state index contributed by atoms with van der Waals surface area (Å²) in [5.41, 5.74) is -0.150. The van der Waals surface area contributed by atoms with Crippen molar-refractivity contribution in [1.82, 2.24) is 4.90 Å². The van der Waals surface area contributed by atoms with Crippen LogP contribution in [0.3, 0.4) is 0 Å². The third-order valence-electron chi connectivity index (χ3n) is 2.62. The highest BCUT2D eigenvalue weighted by Gasteiger charge is 2.22. The molecule has 1 unspecified atom stereocenters. The number of hydrogen-bond acceptors (Lipinski definition) is 2. The van der Waals surface area contributed by atoms with E-state index >= 15 is 0 Å². The Kier molecular flexibility index (Phi) is 5.97. The van der Waals surface area contributed by atoms with Crippen LogP contribution in [-0.4, -0.2) is 31.3 Å². The SMILES string of the molecule is CCCCN(C)CC(C)(C=O)CC. The lowest BCUT2D eigenvalue weighted by atomic mass is 9.89. The molecule has 0 aromatic heterocycles. The van der Waals surface area contributed by atoms with Crippen LogP contribution in [0.15, 0.2) is 0 Å². The molecular formula is C11H23NO. The zero-order valence-corrected chi connectivity index (χ0v) is 9.47. The maximum atomic E-state index is 10.8. The molecule has 0 bridgehead atoms. The monoisotopic (exact) mass is 185 g/mol. The highest BCUT2D eigenvalue weighted by molar-refractivity contribution is 5.58. The van der Waals surface area contributed by atoms with Gasteiger partial charge in [-0.2, -0.15) is 0 Å². The zero-order valence-electron chi connectivity index (χ0n) is 9.47. The molecule has 0 spiro atoms. The summed E-state index contributed by atoms with van der Waals surface area (Å²) in [5.74, 6) is 0. The van der Waals surface area contributed by atoms with Gasteiger partial charge in [0.05, 0.1) is 0 Å². The van der Waals surface area contributed by atoms with E-state index in [1.807, 2.05) is 6.92 Å². The van der Waals surface area contributed by atoms with Crippen LogP contribution in [-0.2, 0) is 4.79 Å². The van der Waals surface area contributed by atoms with E-state index in [0.717, 1.165) is 25.8 Å². The molecule has 1 atom stereocenters. The number of unbranched alkanes of at least 4 members (excludes halogenated alkanes) is 1. The molecule has 0 aliphatic heterocycles. The first-order valence-electron chi connectivity index (χ1n) is 5.23. The van der Waals surface area contributed by atoms with E-state index in [9.17, 15) is 4.79 Å². The molecule has 0 aliphatic carbocycles. The van der Waals surface area contributed by atoms with Crippen molar-refractivity contribution in [1.29, 1.82) is 0 Å².